The summed E-state index contributed by atoms with van der Waals surface area (Å²) in [5.41, 5.74) is 0.979. The summed E-state index contributed by atoms with van der Waals surface area (Å²) in [4.78, 5) is 21.0. The molecule has 0 spiro atoms. The molecule has 1 unspecified atom stereocenters. The van der Waals surface area contributed by atoms with E-state index in [1.54, 1.807) is 12.1 Å². The fourth-order valence-corrected chi connectivity index (χ4v) is 4.88. The number of phenolic OH excluding ortho intramolecular Hbond substituents is 1. The minimum absolute atomic E-state index is 0.00219. The third kappa shape index (κ3) is 4.60. The van der Waals surface area contributed by atoms with Crippen molar-refractivity contribution in [3.8, 4) is 11.5 Å². The van der Waals surface area contributed by atoms with Gasteiger partial charge in [0.1, 0.15) is 29.2 Å². The molecule has 1 aliphatic rings. The molecule has 4 rings (SSSR count). The van der Waals surface area contributed by atoms with Gasteiger partial charge in [0.15, 0.2) is 0 Å². The number of carbonyl (C=O) groups is 1. The van der Waals surface area contributed by atoms with Crippen LogP contribution >= 0.6 is 11.6 Å². The number of nitrogens with zero attached hydrogens (tertiary/aromatic N) is 3. The van der Waals surface area contributed by atoms with Crippen LogP contribution in [-0.4, -0.2) is 56.0 Å². The first-order valence-corrected chi connectivity index (χ1v) is 11.7. The number of hydrogen-bond donors (Lipinski definition) is 3. The first kappa shape index (κ1) is 24.0. The number of likely N-dealkylation sites (tertiary alicyclic amines) is 1. The van der Waals surface area contributed by atoms with Crippen molar-refractivity contribution in [3.63, 3.8) is 0 Å². The number of piperidine rings is 1. The van der Waals surface area contributed by atoms with Gasteiger partial charge in [-0.05, 0) is 63.9 Å². The Labute approximate surface area is 203 Å². The molecular weight excluding hydrogens is 456 g/mol. The number of quaternary nitrogens is 1. The minimum atomic E-state index is -0.783. The average molecular weight is 486 g/mol. The van der Waals surface area contributed by atoms with Crippen molar-refractivity contribution in [3.05, 3.63) is 47.7 Å². The van der Waals surface area contributed by atoms with Gasteiger partial charge in [0.05, 0.1) is 35.6 Å². The average Bonchev–Trinajstić information content (AvgIpc) is 2.79. The normalized spacial score (nSPS) is 20.8. The summed E-state index contributed by atoms with van der Waals surface area (Å²) in [6.07, 6.45) is 2.45. The summed E-state index contributed by atoms with van der Waals surface area (Å²) >= 11 is 6.05. The van der Waals surface area contributed by atoms with Gasteiger partial charge < -0.3 is 20.3 Å². The molecule has 1 amide bonds. The van der Waals surface area contributed by atoms with E-state index in [-0.39, 0.29) is 21.2 Å². The Morgan fingerprint density at radius 1 is 1.26 bits per heavy atom. The van der Waals surface area contributed by atoms with Crippen LogP contribution in [0.5, 0.6) is 11.5 Å². The molecule has 0 aliphatic carbocycles. The van der Waals surface area contributed by atoms with Crippen LogP contribution < -0.4 is 10.1 Å². The molecule has 3 N–H and O–H groups in total. The molecule has 2 heterocycles. The molecule has 2 atom stereocenters. The Morgan fingerprint density at radius 2 is 2.06 bits per heavy atom. The van der Waals surface area contributed by atoms with Crippen LogP contribution in [0.15, 0.2) is 42.7 Å². The van der Waals surface area contributed by atoms with Crippen LogP contribution in [0.25, 0.3) is 10.9 Å². The van der Waals surface area contributed by atoms with Gasteiger partial charge >= 0.3 is 6.09 Å². The van der Waals surface area contributed by atoms with E-state index in [9.17, 15) is 15.0 Å². The number of carboxylic acid groups (broad SMARTS) is 1. The van der Waals surface area contributed by atoms with Crippen molar-refractivity contribution in [2.45, 2.75) is 39.2 Å². The van der Waals surface area contributed by atoms with E-state index in [1.807, 2.05) is 39.0 Å². The monoisotopic (exact) mass is 485 g/mol. The first-order chi connectivity index (χ1) is 16.1. The molecule has 2 aromatic carbocycles. The van der Waals surface area contributed by atoms with Gasteiger partial charge in [-0.2, -0.15) is 4.79 Å². The third-order valence-electron chi connectivity index (χ3n) is 6.68. The summed E-state index contributed by atoms with van der Waals surface area (Å²) in [5.74, 6) is 1.29. The van der Waals surface area contributed by atoms with Crippen LogP contribution in [0, 0.1) is 5.92 Å². The lowest BCUT2D eigenvalue weighted by Crippen LogP contribution is -2.67. The first-order valence-electron chi connectivity index (χ1n) is 11.3. The topological polar surface area (TPSA) is 105 Å². The number of anilines is 2. The van der Waals surface area contributed by atoms with E-state index >= 15 is 0 Å². The number of halogens is 1. The van der Waals surface area contributed by atoms with Crippen molar-refractivity contribution in [1.82, 2.24) is 9.97 Å². The molecule has 3 aromatic rings. The maximum absolute atomic E-state index is 12.3. The molecule has 0 saturated carbocycles. The Kier molecular flexibility index (Phi) is 6.55. The van der Waals surface area contributed by atoms with Crippen molar-refractivity contribution in [2.24, 2.45) is 5.92 Å². The second-order valence-electron chi connectivity index (χ2n) is 9.81. The fourth-order valence-electron chi connectivity index (χ4n) is 4.70. The summed E-state index contributed by atoms with van der Waals surface area (Å²) in [6, 6.07) is 10.5. The second-order valence-corrected chi connectivity index (χ2v) is 10.2. The Morgan fingerprint density at radius 3 is 2.76 bits per heavy atom. The minimum Gasteiger partial charge on any atom is -0.506 e. The Balaban J connectivity index is 1.59. The number of ether oxygens (including phenoxy) is 1. The summed E-state index contributed by atoms with van der Waals surface area (Å²) in [6.45, 7) is 7.51. The van der Waals surface area contributed by atoms with Gasteiger partial charge in [-0.25, -0.2) is 14.5 Å². The molecule has 1 aromatic heterocycles. The van der Waals surface area contributed by atoms with Gasteiger partial charge in [0.25, 0.3) is 0 Å². The number of hydrogen-bond acceptors (Lipinski definition) is 6. The van der Waals surface area contributed by atoms with Crippen LogP contribution in [0.2, 0.25) is 5.02 Å². The molecule has 1 fully saturated rings. The Hall–Kier alpha value is -3.10. The predicted octanol–water partition coefficient (Wildman–Crippen LogP) is 5.81. The smallest absolute Gasteiger partial charge is 0.506 e. The SMILES string of the molecule is CC(C)(C)[N+]1(C(=O)O)CCC[C@@H](COc2cccc3ncnc(Nc4ccc(O)c(Cl)c4)c23)C1. The largest absolute Gasteiger partial charge is 0.513 e. The number of rotatable bonds is 5. The van der Waals surface area contributed by atoms with Gasteiger partial charge in [0.2, 0.25) is 0 Å². The van der Waals surface area contributed by atoms with E-state index in [4.69, 9.17) is 16.3 Å². The molecule has 0 bridgehead atoms. The standard InChI is InChI=1S/C25H29ClN4O4/c1-25(2,3)30(24(32)33)11-5-6-16(13-30)14-34-21-8-4-7-19-22(21)23(28-15-27-19)29-17-9-10-20(31)18(26)12-17/h4,7-10,12,15-16H,5-6,11,13-14H2,1-3H3,(H2-,27,28,29,31,32,33)/p+1/t16-,30?/m1/s1. The summed E-state index contributed by atoms with van der Waals surface area (Å²) < 4.78 is 6.31. The van der Waals surface area contributed by atoms with Gasteiger partial charge in [-0.15, -0.1) is 0 Å². The zero-order valence-corrected chi connectivity index (χ0v) is 20.3. The maximum atomic E-state index is 12.3. The highest BCUT2D eigenvalue weighted by molar-refractivity contribution is 6.32. The number of nitrogens with one attached hydrogen (secondary N) is 1. The van der Waals surface area contributed by atoms with E-state index in [0.717, 1.165) is 18.2 Å². The summed E-state index contributed by atoms with van der Waals surface area (Å²) in [5, 5.41) is 23.9. The van der Waals surface area contributed by atoms with Crippen molar-refractivity contribution >= 4 is 40.1 Å². The zero-order chi connectivity index (χ0) is 24.5. The quantitative estimate of drug-likeness (QED) is 0.309. The number of phenols is 1. The van der Waals surface area contributed by atoms with Crippen LogP contribution in [0.4, 0.5) is 16.3 Å². The number of aromatic hydroxyl groups is 1. The maximum Gasteiger partial charge on any atom is 0.513 e. The lowest BCUT2D eigenvalue weighted by molar-refractivity contribution is -0.911. The second kappa shape index (κ2) is 9.27. The molecule has 8 nitrogen and oxygen atoms in total. The van der Waals surface area contributed by atoms with Gasteiger partial charge in [-0.3, -0.25) is 0 Å². The van der Waals surface area contributed by atoms with Crippen molar-refractivity contribution in [2.75, 3.05) is 25.0 Å². The molecule has 9 heteroatoms. The number of amides is 1. The highest BCUT2D eigenvalue weighted by atomic mass is 35.5. The highest BCUT2D eigenvalue weighted by Gasteiger charge is 2.50. The number of fused-ring (bicyclic) bond motifs is 1. The molecule has 34 heavy (non-hydrogen) atoms. The molecule has 0 radical (unpaired) electrons. The number of aromatic nitrogens is 2. The lowest BCUT2D eigenvalue weighted by Gasteiger charge is -2.47. The van der Waals surface area contributed by atoms with Crippen LogP contribution in [0.1, 0.15) is 33.6 Å². The van der Waals surface area contributed by atoms with E-state index in [2.05, 4.69) is 15.3 Å². The Bertz CT molecular complexity index is 1210. The zero-order valence-electron chi connectivity index (χ0n) is 19.6. The lowest BCUT2D eigenvalue weighted by atomic mass is 9.90. The van der Waals surface area contributed by atoms with Crippen molar-refractivity contribution < 1.29 is 24.2 Å². The highest BCUT2D eigenvalue weighted by Crippen LogP contribution is 2.36. The molecule has 180 valence electrons. The summed E-state index contributed by atoms with van der Waals surface area (Å²) in [7, 11) is 0. The van der Waals surface area contributed by atoms with Crippen molar-refractivity contribution in [1.29, 1.82) is 0 Å². The van der Waals surface area contributed by atoms with E-state index < -0.39 is 11.6 Å². The van der Waals surface area contributed by atoms with Crippen LogP contribution in [0.3, 0.4) is 0 Å². The molecule has 1 aliphatic heterocycles. The molecule has 1 saturated heterocycles. The predicted molar refractivity (Wildman–Crippen MR) is 132 cm³/mol. The third-order valence-corrected chi connectivity index (χ3v) is 6.98. The number of benzene rings is 2. The fraction of sp³-hybridized carbons (Fsp3) is 0.400. The van der Waals surface area contributed by atoms with Gasteiger partial charge in [0, 0.05) is 11.6 Å². The van der Waals surface area contributed by atoms with E-state index in [0.29, 0.717) is 42.5 Å². The molecular formula is C25H30ClN4O4+. The van der Waals surface area contributed by atoms with Crippen LogP contribution in [-0.2, 0) is 0 Å². The van der Waals surface area contributed by atoms with E-state index in [1.165, 1.54) is 12.4 Å². The van der Waals surface area contributed by atoms with Gasteiger partial charge in [-0.1, -0.05) is 17.7 Å².